The van der Waals surface area contributed by atoms with Crippen LogP contribution in [0, 0.1) is 5.92 Å². The lowest BCUT2D eigenvalue weighted by Crippen LogP contribution is -2.49. The summed E-state index contributed by atoms with van der Waals surface area (Å²) in [4.78, 5) is 33.2. The van der Waals surface area contributed by atoms with Gasteiger partial charge in [-0.05, 0) is 19.3 Å². The quantitative estimate of drug-likeness (QED) is 0.776. The summed E-state index contributed by atoms with van der Waals surface area (Å²) in [6.07, 6.45) is 6.27. The zero-order valence-corrected chi connectivity index (χ0v) is 16.1. The maximum Gasteiger partial charge on any atom is 0.229 e. The Morgan fingerprint density at radius 2 is 2.04 bits per heavy atom. The predicted molar refractivity (Wildman–Crippen MR) is 96.4 cm³/mol. The van der Waals surface area contributed by atoms with Crippen LogP contribution in [0.1, 0.15) is 70.0 Å². The van der Waals surface area contributed by atoms with Crippen molar-refractivity contribution in [1.29, 1.82) is 0 Å². The predicted octanol–water partition coefficient (Wildman–Crippen LogP) is 2.38. The van der Waals surface area contributed by atoms with E-state index in [0.29, 0.717) is 50.1 Å². The maximum absolute atomic E-state index is 12.8. The molecule has 3 rings (SSSR count). The SMILES string of the molecule is CC(C)c1nc(CCN(C)C(=O)[C@@H]2CCC(=O)N(C3CCCC3)C2)no1. The molecular weight excluding hydrogens is 332 g/mol. The van der Waals surface area contributed by atoms with E-state index < -0.39 is 0 Å². The molecule has 0 unspecified atom stereocenters. The summed E-state index contributed by atoms with van der Waals surface area (Å²) in [6, 6.07) is 0.345. The molecule has 1 aromatic rings. The minimum Gasteiger partial charge on any atom is -0.345 e. The molecule has 7 nitrogen and oxygen atoms in total. The Labute approximate surface area is 155 Å². The van der Waals surface area contributed by atoms with Gasteiger partial charge in [0.05, 0.1) is 5.92 Å². The van der Waals surface area contributed by atoms with Crippen LogP contribution in [0.3, 0.4) is 0 Å². The molecule has 2 amide bonds. The number of likely N-dealkylation sites (N-methyl/N-ethyl adjacent to an activating group) is 1. The smallest absolute Gasteiger partial charge is 0.229 e. The highest BCUT2D eigenvalue weighted by atomic mass is 16.5. The largest absolute Gasteiger partial charge is 0.345 e. The summed E-state index contributed by atoms with van der Waals surface area (Å²) in [7, 11) is 1.82. The average Bonchev–Trinajstić information content (AvgIpc) is 3.31. The van der Waals surface area contributed by atoms with Crippen LogP contribution in [-0.2, 0) is 16.0 Å². The van der Waals surface area contributed by atoms with Crippen molar-refractivity contribution in [3.8, 4) is 0 Å². The summed E-state index contributed by atoms with van der Waals surface area (Å²) in [5.41, 5.74) is 0. The van der Waals surface area contributed by atoms with Crippen molar-refractivity contribution in [1.82, 2.24) is 19.9 Å². The van der Waals surface area contributed by atoms with Crippen molar-refractivity contribution in [2.75, 3.05) is 20.1 Å². The molecular formula is C19H30N4O3. The molecule has 0 N–H and O–H groups in total. The minimum absolute atomic E-state index is 0.0882. The number of hydrogen-bond acceptors (Lipinski definition) is 5. The van der Waals surface area contributed by atoms with Crippen LogP contribution in [0.15, 0.2) is 4.52 Å². The Morgan fingerprint density at radius 3 is 2.69 bits per heavy atom. The molecule has 1 atom stereocenters. The first-order valence-electron chi connectivity index (χ1n) is 9.82. The number of carbonyl (C=O) groups excluding carboxylic acids is 2. The van der Waals surface area contributed by atoms with Crippen molar-refractivity contribution < 1.29 is 14.1 Å². The van der Waals surface area contributed by atoms with E-state index in [1.807, 2.05) is 25.8 Å². The second-order valence-electron chi connectivity index (χ2n) is 7.93. The van der Waals surface area contributed by atoms with E-state index in [-0.39, 0.29) is 23.7 Å². The summed E-state index contributed by atoms with van der Waals surface area (Å²) < 4.78 is 5.21. The second-order valence-corrected chi connectivity index (χ2v) is 7.93. The van der Waals surface area contributed by atoms with Gasteiger partial charge in [-0.25, -0.2) is 0 Å². The Bertz CT molecular complexity index is 636. The van der Waals surface area contributed by atoms with Crippen LogP contribution >= 0.6 is 0 Å². The van der Waals surface area contributed by atoms with Crippen LogP contribution in [0.2, 0.25) is 0 Å². The molecule has 26 heavy (non-hydrogen) atoms. The van der Waals surface area contributed by atoms with Gasteiger partial charge in [-0.15, -0.1) is 0 Å². The number of nitrogens with zero attached hydrogens (tertiary/aromatic N) is 4. The zero-order valence-electron chi connectivity index (χ0n) is 16.1. The minimum atomic E-state index is -0.0882. The standard InChI is InChI=1S/C19H30N4O3/c1-13(2)18-20-16(21-26-18)10-11-22(3)19(25)14-8-9-17(24)23(12-14)15-6-4-5-7-15/h13-15H,4-12H2,1-3H3/t14-/m1/s1. The normalized spacial score (nSPS) is 21.6. The third-order valence-electron chi connectivity index (χ3n) is 5.58. The van der Waals surface area contributed by atoms with Gasteiger partial charge in [0.1, 0.15) is 0 Å². The molecule has 1 saturated heterocycles. The number of likely N-dealkylation sites (tertiary alicyclic amines) is 1. The Morgan fingerprint density at radius 1 is 1.31 bits per heavy atom. The van der Waals surface area contributed by atoms with E-state index in [1.165, 1.54) is 12.8 Å². The first kappa shape index (κ1) is 18.9. The summed E-state index contributed by atoms with van der Waals surface area (Å²) >= 11 is 0. The van der Waals surface area contributed by atoms with Gasteiger partial charge in [0, 0.05) is 44.9 Å². The van der Waals surface area contributed by atoms with Gasteiger partial charge in [0.15, 0.2) is 5.82 Å². The highest BCUT2D eigenvalue weighted by Gasteiger charge is 2.36. The molecule has 0 aromatic carbocycles. The number of amides is 2. The maximum atomic E-state index is 12.8. The molecule has 1 saturated carbocycles. The van der Waals surface area contributed by atoms with E-state index in [4.69, 9.17) is 4.52 Å². The van der Waals surface area contributed by atoms with E-state index in [1.54, 1.807) is 4.90 Å². The fraction of sp³-hybridized carbons (Fsp3) is 0.789. The topological polar surface area (TPSA) is 79.5 Å². The lowest BCUT2D eigenvalue weighted by atomic mass is 9.94. The first-order valence-corrected chi connectivity index (χ1v) is 9.82. The van der Waals surface area contributed by atoms with Gasteiger partial charge in [-0.3, -0.25) is 9.59 Å². The average molecular weight is 362 g/mol. The molecule has 7 heteroatoms. The lowest BCUT2D eigenvalue weighted by Gasteiger charge is -2.37. The molecule has 1 aromatic heterocycles. The Balaban J connectivity index is 1.52. The van der Waals surface area contributed by atoms with E-state index >= 15 is 0 Å². The van der Waals surface area contributed by atoms with E-state index in [2.05, 4.69) is 10.1 Å². The van der Waals surface area contributed by atoms with Gasteiger partial charge in [-0.2, -0.15) is 4.98 Å². The number of aromatic nitrogens is 2. The van der Waals surface area contributed by atoms with Crippen LogP contribution in [-0.4, -0.2) is 57.9 Å². The van der Waals surface area contributed by atoms with E-state index in [0.717, 1.165) is 12.8 Å². The van der Waals surface area contributed by atoms with Gasteiger partial charge < -0.3 is 14.3 Å². The molecule has 1 aliphatic carbocycles. The highest BCUT2D eigenvalue weighted by molar-refractivity contribution is 5.84. The Kier molecular flexibility index (Phi) is 5.94. The van der Waals surface area contributed by atoms with Crippen molar-refractivity contribution in [3.63, 3.8) is 0 Å². The molecule has 0 spiro atoms. The van der Waals surface area contributed by atoms with Crippen LogP contribution in [0.4, 0.5) is 0 Å². The summed E-state index contributed by atoms with van der Waals surface area (Å²) in [5, 5.41) is 3.98. The summed E-state index contributed by atoms with van der Waals surface area (Å²) in [5.74, 6) is 1.73. The van der Waals surface area contributed by atoms with E-state index in [9.17, 15) is 9.59 Å². The number of carbonyl (C=O) groups is 2. The fourth-order valence-electron chi connectivity index (χ4n) is 3.94. The molecule has 144 valence electrons. The monoisotopic (exact) mass is 362 g/mol. The first-order chi connectivity index (χ1) is 12.5. The van der Waals surface area contributed by atoms with Crippen LogP contribution in [0.5, 0.6) is 0 Å². The fourth-order valence-corrected chi connectivity index (χ4v) is 3.94. The van der Waals surface area contributed by atoms with Crippen LogP contribution < -0.4 is 0 Å². The third-order valence-corrected chi connectivity index (χ3v) is 5.58. The zero-order chi connectivity index (χ0) is 18.7. The molecule has 0 radical (unpaired) electrons. The van der Waals surface area contributed by atoms with Crippen molar-refractivity contribution in [3.05, 3.63) is 11.7 Å². The molecule has 2 fully saturated rings. The second kappa shape index (κ2) is 8.18. The lowest BCUT2D eigenvalue weighted by molar-refractivity contribution is -0.144. The number of hydrogen-bond donors (Lipinski definition) is 0. The summed E-state index contributed by atoms with van der Waals surface area (Å²) in [6.45, 7) is 5.15. The molecule has 2 aliphatic rings. The van der Waals surface area contributed by atoms with Gasteiger partial charge >= 0.3 is 0 Å². The van der Waals surface area contributed by atoms with Crippen molar-refractivity contribution >= 4 is 11.8 Å². The molecule has 0 bridgehead atoms. The van der Waals surface area contributed by atoms with Gasteiger partial charge in [0.2, 0.25) is 17.7 Å². The van der Waals surface area contributed by atoms with Gasteiger partial charge in [-0.1, -0.05) is 31.8 Å². The van der Waals surface area contributed by atoms with Crippen molar-refractivity contribution in [2.24, 2.45) is 5.92 Å². The molecule has 1 aliphatic heterocycles. The van der Waals surface area contributed by atoms with Gasteiger partial charge in [0.25, 0.3) is 0 Å². The number of rotatable bonds is 6. The van der Waals surface area contributed by atoms with Crippen LogP contribution in [0.25, 0.3) is 0 Å². The molecule has 2 heterocycles. The highest BCUT2D eigenvalue weighted by Crippen LogP contribution is 2.29. The Hall–Kier alpha value is -1.92. The number of piperidine rings is 1. The van der Waals surface area contributed by atoms with Crippen molar-refractivity contribution in [2.45, 2.75) is 70.8 Å². The third kappa shape index (κ3) is 4.24.